The zero-order valence-corrected chi connectivity index (χ0v) is 11.9. The first kappa shape index (κ1) is 14.7. The second-order valence-corrected chi connectivity index (χ2v) is 5.46. The molecule has 0 unspecified atom stereocenters. The van der Waals surface area contributed by atoms with Crippen molar-refractivity contribution in [1.82, 2.24) is 4.90 Å². The summed E-state index contributed by atoms with van der Waals surface area (Å²) in [5.74, 6) is -1.47. The molecular weight excluding hydrogens is 292 g/mol. The highest BCUT2D eigenvalue weighted by molar-refractivity contribution is 5.93. The minimum Gasteiger partial charge on any atom is -0.459 e. The number of carbonyl (C=O) groups excluding carboxylic acids is 1. The Morgan fingerprint density at radius 1 is 1.36 bits per heavy atom. The van der Waals surface area contributed by atoms with Crippen LogP contribution in [-0.4, -0.2) is 28.6 Å². The van der Waals surface area contributed by atoms with Crippen molar-refractivity contribution in [2.24, 2.45) is 0 Å². The molecule has 2 aromatic rings. The number of rotatable bonds is 2. The number of aliphatic hydroxyl groups is 1. The number of furan rings is 1. The van der Waals surface area contributed by atoms with E-state index in [1.54, 1.807) is 13.0 Å². The molecule has 1 aliphatic heterocycles. The third-order valence-corrected chi connectivity index (χ3v) is 3.91. The van der Waals surface area contributed by atoms with Crippen molar-refractivity contribution in [2.45, 2.75) is 25.5 Å². The Bertz CT molecular complexity index is 713. The number of hydrogen-bond donors (Lipinski definition) is 1. The Hall–Kier alpha value is -2.21. The van der Waals surface area contributed by atoms with Crippen molar-refractivity contribution in [2.75, 3.05) is 6.54 Å². The monoisotopic (exact) mass is 307 g/mol. The van der Waals surface area contributed by atoms with E-state index in [9.17, 15) is 18.7 Å². The van der Waals surface area contributed by atoms with Gasteiger partial charge in [0.15, 0.2) is 5.76 Å². The van der Waals surface area contributed by atoms with Crippen LogP contribution < -0.4 is 0 Å². The number of carbonyl (C=O) groups is 1. The third-order valence-electron chi connectivity index (χ3n) is 3.91. The minimum absolute atomic E-state index is 0.0552. The number of benzene rings is 1. The number of hydrogen-bond acceptors (Lipinski definition) is 3. The summed E-state index contributed by atoms with van der Waals surface area (Å²) in [5.41, 5.74) is 0.721. The molecule has 2 atom stereocenters. The van der Waals surface area contributed by atoms with E-state index in [2.05, 4.69) is 0 Å². The number of aryl methyl sites for hydroxylation is 1. The zero-order chi connectivity index (χ0) is 15.9. The Morgan fingerprint density at radius 2 is 2.14 bits per heavy atom. The molecule has 4 nitrogen and oxygen atoms in total. The molecule has 6 heteroatoms. The summed E-state index contributed by atoms with van der Waals surface area (Å²) in [5, 5.41) is 9.87. The molecule has 1 aliphatic rings. The van der Waals surface area contributed by atoms with E-state index < -0.39 is 29.7 Å². The van der Waals surface area contributed by atoms with Gasteiger partial charge in [0, 0.05) is 17.7 Å². The number of amides is 1. The average molecular weight is 307 g/mol. The summed E-state index contributed by atoms with van der Waals surface area (Å²) in [6, 6.07) is 4.04. The van der Waals surface area contributed by atoms with Crippen LogP contribution in [0.25, 0.3) is 0 Å². The second kappa shape index (κ2) is 5.53. The first-order valence-corrected chi connectivity index (χ1v) is 6.95. The van der Waals surface area contributed by atoms with Crippen molar-refractivity contribution < 1.29 is 23.1 Å². The van der Waals surface area contributed by atoms with Gasteiger partial charge in [0.25, 0.3) is 5.91 Å². The van der Waals surface area contributed by atoms with E-state index >= 15 is 0 Å². The SMILES string of the molecule is Cc1ccoc1C(=O)N1C[C@H](O)C[C@H]1c1cc(F)ccc1F. The summed E-state index contributed by atoms with van der Waals surface area (Å²) in [7, 11) is 0. The smallest absolute Gasteiger partial charge is 0.290 e. The first-order chi connectivity index (χ1) is 10.5. The van der Waals surface area contributed by atoms with Crippen LogP contribution in [0.15, 0.2) is 34.9 Å². The molecular formula is C16H15F2NO3. The molecule has 1 aromatic heterocycles. The summed E-state index contributed by atoms with van der Waals surface area (Å²) in [4.78, 5) is 13.9. The van der Waals surface area contributed by atoms with Crippen molar-refractivity contribution in [1.29, 1.82) is 0 Å². The topological polar surface area (TPSA) is 53.7 Å². The van der Waals surface area contributed by atoms with E-state index in [0.29, 0.717) is 5.56 Å². The molecule has 1 aromatic carbocycles. The number of nitrogens with zero attached hydrogens (tertiary/aromatic N) is 1. The van der Waals surface area contributed by atoms with Crippen molar-refractivity contribution >= 4 is 5.91 Å². The van der Waals surface area contributed by atoms with Crippen molar-refractivity contribution in [3.63, 3.8) is 0 Å². The van der Waals surface area contributed by atoms with Crippen molar-refractivity contribution in [3.8, 4) is 0 Å². The van der Waals surface area contributed by atoms with Crippen LogP contribution in [0.5, 0.6) is 0 Å². The van der Waals surface area contributed by atoms with Crippen LogP contribution >= 0.6 is 0 Å². The maximum Gasteiger partial charge on any atom is 0.290 e. The molecule has 116 valence electrons. The highest BCUT2D eigenvalue weighted by Gasteiger charge is 2.38. The van der Waals surface area contributed by atoms with Gasteiger partial charge in [-0.3, -0.25) is 4.79 Å². The van der Waals surface area contributed by atoms with Gasteiger partial charge in [-0.1, -0.05) is 0 Å². The van der Waals surface area contributed by atoms with E-state index in [-0.39, 0.29) is 24.3 Å². The van der Waals surface area contributed by atoms with Crippen LogP contribution in [-0.2, 0) is 0 Å². The minimum atomic E-state index is -0.785. The predicted octanol–water partition coefficient (Wildman–Crippen LogP) is 2.81. The van der Waals surface area contributed by atoms with Gasteiger partial charge >= 0.3 is 0 Å². The fraction of sp³-hybridized carbons (Fsp3) is 0.312. The zero-order valence-electron chi connectivity index (χ0n) is 11.9. The number of halogens is 2. The number of likely N-dealkylation sites (tertiary alicyclic amines) is 1. The highest BCUT2D eigenvalue weighted by Crippen LogP contribution is 2.35. The average Bonchev–Trinajstić information content (AvgIpc) is 3.07. The summed E-state index contributed by atoms with van der Waals surface area (Å²) in [6.07, 6.45) is 0.769. The van der Waals surface area contributed by atoms with Gasteiger partial charge in [0.05, 0.1) is 18.4 Å². The van der Waals surface area contributed by atoms with Gasteiger partial charge in [-0.2, -0.15) is 0 Å². The van der Waals surface area contributed by atoms with Crippen LogP contribution in [0, 0.1) is 18.6 Å². The second-order valence-electron chi connectivity index (χ2n) is 5.46. The molecule has 0 saturated carbocycles. The third kappa shape index (κ3) is 2.50. The molecule has 0 bridgehead atoms. The van der Waals surface area contributed by atoms with Crippen LogP contribution in [0.4, 0.5) is 8.78 Å². The van der Waals surface area contributed by atoms with Crippen LogP contribution in [0.2, 0.25) is 0 Å². The van der Waals surface area contributed by atoms with E-state index in [4.69, 9.17) is 4.42 Å². The lowest BCUT2D eigenvalue weighted by Gasteiger charge is -2.24. The highest BCUT2D eigenvalue weighted by atomic mass is 19.1. The maximum atomic E-state index is 14.0. The molecule has 2 heterocycles. The van der Waals surface area contributed by atoms with Gasteiger partial charge in [-0.25, -0.2) is 8.78 Å². The quantitative estimate of drug-likeness (QED) is 0.928. The fourth-order valence-electron chi connectivity index (χ4n) is 2.83. The standard InChI is InChI=1S/C16H15F2NO3/c1-9-4-5-22-15(9)16(21)19-8-11(20)7-14(19)12-6-10(17)2-3-13(12)18/h2-6,11,14,20H,7-8H2,1H3/t11-,14+/m1/s1. The van der Waals surface area contributed by atoms with Gasteiger partial charge in [0.1, 0.15) is 11.6 Å². The molecule has 0 radical (unpaired) electrons. The normalized spacial score (nSPS) is 21.4. The Morgan fingerprint density at radius 3 is 2.82 bits per heavy atom. The molecule has 1 N–H and O–H groups in total. The largest absolute Gasteiger partial charge is 0.459 e. The van der Waals surface area contributed by atoms with Crippen molar-refractivity contribution in [3.05, 3.63) is 59.1 Å². The maximum absolute atomic E-state index is 14.0. The molecule has 0 aliphatic carbocycles. The summed E-state index contributed by atoms with van der Waals surface area (Å²) in [6.45, 7) is 1.78. The van der Waals surface area contributed by atoms with E-state index in [1.165, 1.54) is 11.2 Å². The lowest BCUT2D eigenvalue weighted by Crippen LogP contribution is -2.32. The fourth-order valence-corrected chi connectivity index (χ4v) is 2.83. The molecule has 22 heavy (non-hydrogen) atoms. The predicted molar refractivity (Wildman–Crippen MR) is 74.2 cm³/mol. The lowest BCUT2D eigenvalue weighted by atomic mass is 10.0. The van der Waals surface area contributed by atoms with Gasteiger partial charge in [-0.15, -0.1) is 0 Å². The van der Waals surface area contributed by atoms with E-state index in [1.807, 2.05) is 0 Å². The van der Waals surface area contributed by atoms with Crippen LogP contribution in [0.3, 0.4) is 0 Å². The van der Waals surface area contributed by atoms with Gasteiger partial charge < -0.3 is 14.4 Å². The molecule has 3 rings (SSSR count). The summed E-state index contributed by atoms with van der Waals surface area (Å²) >= 11 is 0. The van der Waals surface area contributed by atoms with E-state index in [0.717, 1.165) is 18.2 Å². The summed E-state index contributed by atoms with van der Waals surface area (Å²) < 4.78 is 32.6. The number of aliphatic hydroxyl groups excluding tert-OH is 1. The van der Waals surface area contributed by atoms with Crippen LogP contribution in [0.1, 0.15) is 34.1 Å². The first-order valence-electron chi connectivity index (χ1n) is 6.95. The van der Waals surface area contributed by atoms with Gasteiger partial charge in [-0.05, 0) is 37.6 Å². The Balaban J connectivity index is 1.98. The Kier molecular flexibility index (Phi) is 3.70. The number of β-amino-alcohol motifs (C(OH)–C–C–N with tert-alkyl or cyclic N) is 1. The molecule has 0 spiro atoms. The molecule has 1 fully saturated rings. The molecule has 1 saturated heterocycles. The Labute approximate surface area is 126 Å². The lowest BCUT2D eigenvalue weighted by molar-refractivity contribution is 0.0680. The van der Waals surface area contributed by atoms with Gasteiger partial charge in [0.2, 0.25) is 0 Å². The molecule has 1 amide bonds.